The Morgan fingerprint density at radius 3 is 0.893 bits per heavy atom. The van der Waals surface area contributed by atoms with E-state index in [9.17, 15) is 0 Å². The molecule has 2 aliphatic rings. The first-order chi connectivity index (χ1) is 12.9. The summed E-state index contributed by atoms with van der Waals surface area (Å²) in [6.07, 6.45) is 0. The maximum Gasteiger partial charge on any atom is 0.0676 e. The molecule has 0 amide bonds. The number of hydrogen-bond acceptors (Lipinski definition) is 0. The topological polar surface area (TPSA) is 0 Å². The van der Waals surface area contributed by atoms with Crippen LogP contribution in [0.2, 0.25) is 0 Å². The van der Waals surface area contributed by atoms with Crippen LogP contribution in [0.1, 0.15) is 66.5 Å². The van der Waals surface area contributed by atoms with Gasteiger partial charge in [0.05, 0.1) is 10.8 Å². The molecule has 0 atom stereocenters. The van der Waals surface area contributed by atoms with Crippen LogP contribution in [-0.2, 0) is 10.8 Å². The van der Waals surface area contributed by atoms with Crippen molar-refractivity contribution in [3.63, 3.8) is 0 Å². The summed E-state index contributed by atoms with van der Waals surface area (Å²) in [5.41, 5.74) is 3.03. The molecule has 0 aromatic heterocycles. The molecule has 0 heteroatoms. The fourth-order valence-electron chi connectivity index (χ4n) is 6.40. The smallest absolute Gasteiger partial charge is 0.0676 e. The summed E-state index contributed by atoms with van der Waals surface area (Å²) in [5.74, 6) is 7.86. The Hall–Kier alpha value is -2.00. The van der Waals surface area contributed by atoms with Crippen molar-refractivity contribution >= 4 is 0 Å². The molecule has 4 rings (SSSR count). The normalized spacial score (nSPS) is 25.9. The lowest BCUT2D eigenvalue weighted by atomic mass is 9.82. The molecular formula is C28H34. The van der Waals surface area contributed by atoms with Gasteiger partial charge in [0, 0.05) is 0 Å². The van der Waals surface area contributed by atoms with Crippen molar-refractivity contribution in [1.82, 2.24) is 0 Å². The van der Waals surface area contributed by atoms with Gasteiger partial charge in [0.25, 0.3) is 0 Å². The van der Waals surface area contributed by atoms with E-state index < -0.39 is 0 Å². The van der Waals surface area contributed by atoms with Crippen molar-refractivity contribution in [3.8, 4) is 11.8 Å². The number of benzene rings is 2. The van der Waals surface area contributed by atoms with Gasteiger partial charge >= 0.3 is 0 Å². The van der Waals surface area contributed by atoms with Gasteiger partial charge in [0.1, 0.15) is 0 Å². The second-order valence-corrected chi connectivity index (χ2v) is 11.0. The van der Waals surface area contributed by atoms with Crippen LogP contribution in [0, 0.1) is 33.5 Å². The summed E-state index contributed by atoms with van der Waals surface area (Å²) in [6, 6.07) is 21.9. The first-order valence-electron chi connectivity index (χ1n) is 10.6. The van der Waals surface area contributed by atoms with E-state index in [-0.39, 0.29) is 32.5 Å². The molecule has 2 aromatic rings. The van der Waals surface area contributed by atoms with Crippen LogP contribution >= 0.6 is 0 Å². The minimum atomic E-state index is -0.113. The lowest BCUT2D eigenvalue weighted by Gasteiger charge is -2.20. The first kappa shape index (κ1) is 19.3. The van der Waals surface area contributed by atoms with E-state index in [1.807, 2.05) is 0 Å². The fourth-order valence-corrected chi connectivity index (χ4v) is 6.40. The van der Waals surface area contributed by atoms with E-state index in [2.05, 4.69) is 128 Å². The maximum absolute atomic E-state index is 3.93. The fraction of sp³-hybridized carbons (Fsp3) is 0.500. The summed E-state index contributed by atoms with van der Waals surface area (Å²) < 4.78 is 0. The molecule has 0 unspecified atom stereocenters. The standard InChI is InChI=1S/C28H34/c1-23(2)24(3,4)27(23,21-15-11-9-12-16-21)19-20-28(22-17-13-10-14-18-22)25(5,6)26(28,7)8/h9-18H,1-8H3. The van der Waals surface area contributed by atoms with E-state index in [0.29, 0.717) is 0 Å². The zero-order valence-corrected chi connectivity index (χ0v) is 18.8. The predicted octanol–water partition coefficient (Wildman–Crippen LogP) is 7.00. The van der Waals surface area contributed by atoms with Gasteiger partial charge in [-0.2, -0.15) is 0 Å². The molecule has 0 nitrogen and oxygen atoms in total. The minimum Gasteiger partial charge on any atom is -0.0895 e. The van der Waals surface area contributed by atoms with Gasteiger partial charge in [0.2, 0.25) is 0 Å². The monoisotopic (exact) mass is 370 g/mol. The highest BCUT2D eigenvalue weighted by Crippen LogP contribution is 2.80. The molecule has 0 N–H and O–H groups in total. The highest BCUT2D eigenvalue weighted by molar-refractivity contribution is 5.59. The van der Waals surface area contributed by atoms with E-state index in [1.54, 1.807) is 0 Å². The molecule has 0 heterocycles. The first-order valence-corrected chi connectivity index (χ1v) is 10.6. The largest absolute Gasteiger partial charge is 0.0895 e. The Bertz CT molecular complexity index is 851. The molecule has 146 valence electrons. The Morgan fingerprint density at radius 1 is 0.429 bits per heavy atom. The number of rotatable bonds is 2. The van der Waals surface area contributed by atoms with Crippen LogP contribution in [-0.4, -0.2) is 0 Å². The Balaban J connectivity index is 1.93. The van der Waals surface area contributed by atoms with Gasteiger partial charge in [-0.1, -0.05) is 128 Å². The van der Waals surface area contributed by atoms with Gasteiger partial charge < -0.3 is 0 Å². The molecule has 0 radical (unpaired) electrons. The second kappa shape index (κ2) is 5.33. The summed E-state index contributed by atoms with van der Waals surface area (Å²) >= 11 is 0. The van der Waals surface area contributed by atoms with E-state index in [4.69, 9.17) is 0 Å². The zero-order chi connectivity index (χ0) is 20.6. The van der Waals surface area contributed by atoms with Gasteiger partial charge in [-0.25, -0.2) is 0 Å². The average Bonchev–Trinajstić information content (AvgIpc) is 3.19. The van der Waals surface area contributed by atoms with Crippen molar-refractivity contribution in [2.24, 2.45) is 21.7 Å². The molecule has 2 aliphatic carbocycles. The van der Waals surface area contributed by atoms with Crippen molar-refractivity contribution in [2.45, 2.75) is 66.2 Å². The quantitative estimate of drug-likeness (QED) is 0.499. The maximum atomic E-state index is 3.93. The summed E-state index contributed by atoms with van der Waals surface area (Å²) in [5, 5.41) is 0. The predicted molar refractivity (Wildman–Crippen MR) is 119 cm³/mol. The molecule has 0 aliphatic heterocycles. The molecule has 0 saturated heterocycles. The van der Waals surface area contributed by atoms with Crippen LogP contribution in [0.5, 0.6) is 0 Å². The molecule has 2 fully saturated rings. The van der Waals surface area contributed by atoms with Crippen molar-refractivity contribution in [2.75, 3.05) is 0 Å². The summed E-state index contributed by atoms with van der Waals surface area (Å²) in [6.45, 7) is 19.1. The number of hydrogen-bond donors (Lipinski definition) is 0. The van der Waals surface area contributed by atoms with Crippen molar-refractivity contribution in [1.29, 1.82) is 0 Å². The summed E-state index contributed by atoms with van der Waals surface area (Å²) in [7, 11) is 0. The second-order valence-electron chi connectivity index (χ2n) is 11.0. The lowest BCUT2D eigenvalue weighted by Crippen LogP contribution is -2.18. The van der Waals surface area contributed by atoms with Gasteiger partial charge in [-0.3, -0.25) is 0 Å². The summed E-state index contributed by atoms with van der Waals surface area (Å²) in [4.78, 5) is 0. The molecule has 0 spiro atoms. The Labute approximate surface area is 171 Å². The third-order valence-corrected chi connectivity index (χ3v) is 9.60. The SMILES string of the molecule is CC1(C)C(C)(C)C1(C#CC1(c2ccccc2)C(C)(C)C1(C)C)c1ccccc1. The molecule has 2 aromatic carbocycles. The lowest BCUT2D eigenvalue weighted by molar-refractivity contribution is 0.457. The van der Waals surface area contributed by atoms with E-state index >= 15 is 0 Å². The Kier molecular flexibility index (Phi) is 3.67. The van der Waals surface area contributed by atoms with Crippen LogP contribution in [0.4, 0.5) is 0 Å². The van der Waals surface area contributed by atoms with Gasteiger partial charge in [0.15, 0.2) is 0 Å². The third-order valence-electron chi connectivity index (χ3n) is 9.60. The highest BCUT2D eigenvalue weighted by atomic mass is 14.8. The van der Waals surface area contributed by atoms with Gasteiger partial charge in [-0.05, 0) is 32.8 Å². The highest BCUT2D eigenvalue weighted by Gasteiger charge is 2.80. The van der Waals surface area contributed by atoms with E-state index in [1.165, 1.54) is 11.1 Å². The zero-order valence-electron chi connectivity index (χ0n) is 18.8. The minimum absolute atomic E-state index is 0.113. The van der Waals surface area contributed by atoms with Crippen molar-refractivity contribution in [3.05, 3.63) is 71.8 Å². The van der Waals surface area contributed by atoms with Crippen LogP contribution in [0.3, 0.4) is 0 Å². The molecule has 28 heavy (non-hydrogen) atoms. The third kappa shape index (κ3) is 1.84. The Morgan fingerprint density at radius 2 is 0.679 bits per heavy atom. The average molecular weight is 371 g/mol. The van der Waals surface area contributed by atoms with Crippen LogP contribution < -0.4 is 0 Å². The van der Waals surface area contributed by atoms with Crippen LogP contribution in [0.25, 0.3) is 0 Å². The van der Waals surface area contributed by atoms with E-state index in [0.717, 1.165) is 0 Å². The molecule has 0 bridgehead atoms. The molecule has 2 saturated carbocycles. The van der Waals surface area contributed by atoms with Crippen molar-refractivity contribution < 1.29 is 0 Å². The van der Waals surface area contributed by atoms with Gasteiger partial charge in [-0.15, -0.1) is 0 Å². The van der Waals surface area contributed by atoms with Crippen LogP contribution in [0.15, 0.2) is 60.7 Å². The molecular weight excluding hydrogens is 336 g/mol.